The molecule has 0 radical (unpaired) electrons. The highest BCUT2D eigenvalue weighted by Gasteiger charge is 2.13. The minimum Gasteiger partial charge on any atom is -0.358 e. The molecule has 0 aliphatic rings. The molecule has 118 valence electrons. The van der Waals surface area contributed by atoms with Gasteiger partial charge in [-0.25, -0.2) is 4.98 Å². The number of thioether (sulfide) groups is 1. The van der Waals surface area contributed by atoms with Gasteiger partial charge < -0.3 is 5.32 Å². The summed E-state index contributed by atoms with van der Waals surface area (Å²) in [6.45, 7) is 1.98. The molecule has 0 atom stereocenters. The quantitative estimate of drug-likeness (QED) is 0.704. The first-order valence-corrected chi connectivity index (χ1v) is 9.54. The highest BCUT2D eigenvalue weighted by atomic mass is 32.2. The summed E-state index contributed by atoms with van der Waals surface area (Å²) in [5, 5.41) is 14.8. The number of aromatic nitrogens is 3. The van der Waals surface area contributed by atoms with Crippen LogP contribution in [-0.2, 0) is 4.79 Å². The van der Waals surface area contributed by atoms with Crippen LogP contribution >= 0.6 is 34.4 Å². The zero-order chi connectivity index (χ0) is 16.2. The topological polar surface area (TPSA) is 67.8 Å². The monoisotopic (exact) mass is 362 g/mol. The molecule has 8 heteroatoms. The zero-order valence-corrected chi connectivity index (χ0v) is 15.0. The molecule has 1 amide bonds. The fourth-order valence-electron chi connectivity index (χ4n) is 1.87. The molecule has 5 nitrogen and oxygen atoms in total. The van der Waals surface area contributed by atoms with E-state index in [-0.39, 0.29) is 5.91 Å². The van der Waals surface area contributed by atoms with Crippen LogP contribution < -0.4 is 5.32 Å². The first kappa shape index (κ1) is 16.1. The predicted octanol–water partition coefficient (Wildman–Crippen LogP) is 3.48. The van der Waals surface area contributed by atoms with Gasteiger partial charge in [-0.3, -0.25) is 4.79 Å². The summed E-state index contributed by atoms with van der Waals surface area (Å²) in [7, 11) is 1.62. The Labute approximate surface area is 146 Å². The van der Waals surface area contributed by atoms with Crippen molar-refractivity contribution in [3.05, 3.63) is 35.3 Å². The largest absolute Gasteiger partial charge is 0.358 e. The van der Waals surface area contributed by atoms with Crippen LogP contribution in [0, 0.1) is 6.92 Å². The number of hydrogen-bond acceptors (Lipinski definition) is 7. The van der Waals surface area contributed by atoms with Crippen molar-refractivity contribution in [2.24, 2.45) is 0 Å². The summed E-state index contributed by atoms with van der Waals surface area (Å²) in [6, 6.07) is 7.91. The molecule has 3 heterocycles. The molecular formula is C15H14N4OS3. The predicted molar refractivity (Wildman–Crippen MR) is 96.0 cm³/mol. The summed E-state index contributed by atoms with van der Waals surface area (Å²) in [6.07, 6.45) is 0. The Morgan fingerprint density at radius 3 is 2.83 bits per heavy atom. The summed E-state index contributed by atoms with van der Waals surface area (Å²) in [5.74, 6) is 0.312. The number of nitrogens with one attached hydrogen (secondary N) is 1. The molecule has 0 aliphatic heterocycles. The molecule has 0 aliphatic carbocycles. The lowest BCUT2D eigenvalue weighted by Crippen LogP contribution is -2.19. The lowest BCUT2D eigenvalue weighted by molar-refractivity contribution is -0.118. The summed E-state index contributed by atoms with van der Waals surface area (Å²) in [5.41, 5.74) is 1.77. The Morgan fingerprint density at radius 1 is 1.30 bits per heavy atom. The van der Waals surface area contributed by atoms with E-state index >= 15 is 0 Å². The number of rotatable bonds is 5. The van der Waals surface area contributed by atoms with E-state index in [2.05, 4.69) is 26.6 Å². The molecule has 0 fully saturated rings. The molecule has 3 aromatic heterocycles. The summed E-state index contributed by atoms with van der Waals surface area (Å²) in [4.78, 5) is 18.1. The van der Waals surface area contributed by atoms with E-state index in [1.165, 1.54) is 11.8 Å². The van der Waals surface area contributed by atoms with Crippen LogP contribution in [0.4, 0.5) is 0 Å². The van der Waals surface area contributed by atoms with E-state index < -0.39 is 0 Å². The smallest absolute Gasteiger partial charge is 0.230 e. The Morgan fingerprint density at radius 2 is 2.17 bits per heavy atom. The van der Waals surface area contributed by atoms with Gasteiger partial charge in [0.15, 0.2) is 0 Å². The van der Waals surface area contributed by atoms with Gasteiger partial charge in [0, 0.05) is 7.05 Å². The number of carbonyl (C=O) groups is 1. The molecule has 0 aromatic carbocycles. The standard InChI is InChI=1S/C15H14N4OS3/c1-9-14(23-15(17-9)11-4-3-7-21-11)10-5-6-13(19-18-10)22-8-12(20)16-2/h3-7H,8H2,1-2H3,(H,16,20). The highest BCUT2D eigenvalue weighted by molar-refractivity contribution is 7.99. The van der Waals surface area contributed by atoms with Crippen LogP contribution in [0.25, 0.3) is 20.5 Å². The first-order chi connectivity index (χ1) is 11.2. The van der Waals surface area contributed by atoms with E-state index in [9.17, 15) is 4.79 Å². The summed E-state index contributed by atoms with van der Waals surface area (Å²) < 4.78 is 0. The van der Waals surface area contributed by atoms with E-state index in [0.29, 0.717) is 5.75 Å². The van der Waals surface area contributed by atoms with Gasteiger partial charge in [-0.15, -0.1) is 32.9 Å². The van der Waals surface area contributed by atoms with Crippen molar-refractivity contribution in [1.82, 2.24) is 20.5 Å². The van der Waals surface area contributed by atoms with Crippen LogP contribution in [0.1, 0.15) is 5.69 Å². The third-order valence-electron chi connectivity index (χ3n) is 3.03. The number of nitrogens with zero attached hydrogens (tertiary/aromatic N) is 3. The van der Waals surface area contributed by atoms with Crippen LogP contribution in [0.15, 0.2) is 34.7 Å². The van der Waals surface area contributed by atoms with Gasteiger partial charge >= 0.3 is 0 Å². The van der Waals surface area contributed by atoms with Gasteiger partial charge in [0.25, 0.3) is 0 Å². The van der Waals surface area contributed by atoms with Crippen LogP contribution in [0.3, 0.4) is 0 Å². The zero-order valence-electron chi connectivity index (χ0n) is 12.6. The fourth-order valence-corrected chi connectivity index (χ4v) is 4.38. The average Bonchev–Trinajstić information content (AvgIpc) is 3.22. The van der Waals surface area contributed by atoms with Crippen molar-refractivity contribution >= 4 is 40.3 Å². The molecule has 0 saturated carbocycles. The minimum atomic E-state index is -0.0280. The maximum atomic E-state index is 11.2. The van der Waals surface area contributed by atoms with Gasteiger partial charge in [-0.2, -0.15) is 0 Å². The number of thiazole rings is 1. The maximum absolute atomic E-state index is 11.2. The molecule has 0 unspecified atom stereocenters. The molecule has 0 bridgehead atoms. The van der Waals surface area contributed by atoms with Crippen LogP contribution in [-0.4, -0.2) is 33.9 Å². The van der Waals surface area contributed by atoms with Crippen molar-refractivity contribution < 1.29 is 4.79 Å². The Kier molecular flexibility index (Phi) is 5.04. The molecule has 23 heavy (non-hydrogen) atoms. The van der Waals surface area contributed by atoms with Gasteiger partial charge in [-0.05, 0) is 30.5 Å². The van der Waals surface area contributed by atoms with Gasteiger partial charge in [0.05, 0.1) is 21.2 Å². The molecule has 0 saturated heterocycles. The van der Waals surface area contributed by atoms with Crippen molar-refractivity contribution in [3.63, 3.8) is 0 Å². The highest BCUT2D eigenvalue weighted by Crippen LogP contribution is 2.36. The van der Waals surface area contributed by atoms with Crippen molar-refractivity contribution in [2.45, 2.75) is 11.9 Å². The van der Waals surface area contributed by atoms with E-state index in [1.54, 1.807) is 29.7 Å². The van der Waals surface area contributed by atoms with Crippen LogP contribution in [0.2, 0.25) is 0 Å². The van der Waals surface area contributed by atoms with Gasteiger partial charge in [0.1, 0.15) is 15.7 Å². The second kappa shape index (κ2) is 7.20. The third-order valence-corrected chi connectivity index (χ3v) is 6.17. The Bertz CT molecular complexity index is 797. The number of thiophene rings is 1. The second-order valence-electron chi connectivity index (χ2n) is 4.63. The fraction of sp³-hybridized carbons (Fsp3) is 0.200. The SMILES string of the molecule is CNC(=O)CSc1ccc(-c2sc(-c3cccs3)nc2C)nn1. The minimum absolute atomic E-state index is 0.0280. The lowest BCUT2D eigenvalue weighted by Gasteiger charge is -2.01. The number of aryl methyl sites for hydroxylation is 1. The summed E-state index contributed by atoms with van der Waals surface area (Å²) >= 11 is 4.67. The molecule has 1 N–H and O–H groups in total. The number of hydrogen-bond donors (Lipinski definition) is 1. The molecule has 0 spiro atoms. The van der Waals surface area contributed by atoms with Crippen molar-refractivity contribution in [1.29, 1.82) is 0 Å². The number of amides is 1. The lowest BCUT2D eigenvalue weighted by atomic mass is 10.3. The van der Waals surface area contributed by atoms with Crippen molar-refractivity contribution in [2.75, 3.05) is 12.8 Å². The molecule has 3 aromatic rings. The molecule has 3 rings (SSSR count). The Hall–Kier alpha value is -1.77. The molecular weight excluding hydrogens is 348 g/mol. The normalized spacial score (nSPS) is 10.7. The van der Waals surface area contributed by atoms with Gasteiger partial charge in [-0.1, -0.05) is 17.8 Å². The van der Waals surface area contributed by atoms with E-state index in [0.717, 1.165) is 31.2 Å². The van der Waals surface area contributed by atoms with Gasteiger partial charge in [0.2, 0.25) is 5.91 Å². The first-order valence-electron chi connectivity index (χ1n) is 6.86. The van der Waals surface area contributed by atoms with Crippen molar-refractivity contribution in [3.8, 4) is 20.5 Å². The number of carbonyl (C=O) groups excluding carboxylic acids is 1. The Balaban J connectivity index is 1.78. The van der Waals surface area contributed by atoms with E-state index in [1.807, 2.05) is 30.5 Å². The average molecular weight is 363 g/mol. The van der Waals surface area contributed by atoms with Crippen LogP contribution in [0.5, 0.6) is 0 Å². The third kappa shape index (κ3) is 3.77. The van der Waals surface area contributed by atoms with E-state index in [4.69, 9.17) is 0 Å². The second-order valence-corrected chi connectivity index (χ2v) is 7.57. The maximum Gasteiger partial charge on any atom is 0.230 e.